The molecule has 1 aromatic heterocycles. The molecule has 1 aliphatic rings. The van der Waals surface area contributed by atoms with Crippen molar-refractivity contribution in [3.05, 3.63) is 67.7 Å². The minimum Gasteiger partial charge on any atom is -0.478 e. The number of nitrogens with zero attached hydrogens (tertiary/aromatic N) is 1. The number of carbonyl (C=O) groups excluding carboxylic acids is 1. The van der Waals surface area contributed by atoms with Gasteiger partial charge >= 0.3 is 5.97 Å². The van der Waals surface area contributed by atoms with Gasteiger partial charge in [0.05, 0.1) is 27.8 Å². The van der Waals surface area contributed by atoms with Gasteiger partial charge in [0.25, 0.3) is 5.91 Å². The van der Waals surface area contributed by atoms with Gasteiger partial charge in [-0.25, -0.2) is 4.79 Å². The maximum Gasteiger partial charge on any atom is 0.336 e. The van der Waals surface area contributed by atoms with E-state index in [1.54, 1.807) is 35.9 Å². The Labute approximate surface area is 190 Å². The van der Waals surface area contributed by atoms with Crippen LogP contribution in [0.15, 0.2) is 40.9 Å². The third kappa shape index (κ3) is 3.50. The van der Waals surface area contributed by atoms with E-state index in [-0.39, 0.29) is 18.1 Å². The Bertz CT molecular complexity index is 1190. The predicted molar refractivity (Wildman–Crippen MR) is 119 cm³/mol. The number of fused-ring (bicyclic) bond motifs is 1. The molecule has 1 unspecified atom stereocenters. The number of carboxylic acids is 1. The minimum absolute atomic E-state index is 0.152. The van der Waals surface area contributed by atoms with E-state index in [0.29, 0.717) is 38.6 Å². The topological polar surface area (TPSA) is 80.6 Å². The molecule has 0 bridgehead atoms. The highest BCUT2D eigenvalue weighted by molar-refractivity contribution is 9.10. The molecule has 3 aromatic rings. The quantitative estimate of drug-likeness (QED) is 0.517. The second kappa shape index (κ2) is 7.89. The average Bonchev–Trinajstić information content (AvgIpc) is 3.30. The molecule has 6 nitrogen and oxygen atoms in total. The summed E-state index contributed by atoms with van der Waals surface area (Å²) in [5, 5.41) is 13.9. The van der Waals surface area contributed by atoms with E-state index in [2.05, 4.69) is 21.2 Å². The molecule has 0 saturated carbocycles. The number of aryl methyl sites for hydroxylation is 1. The van der Waals surface area contributed by atoms with Crippen LogP contribution >= 0.6 is 39.1 Å². The monoisotopic (exact) mass is 510 g/mol. The van der Waals surface area contributed by atoms with Crippen LogP contribution < -0.4 is 5.32 Å². The molecule has 4 rings (SSSR count). The molecule has 1 fully saturated rings. The first-order valence-electron chi connectivity index (χ1n) is 9.10. The lowest BCUT2D eigenvalue weighted by atomic mass is 9.88. The Morgan fingerprint density at radius 2 is 2.00 bits per heavy atom. The fraction of sp³-hybridized carbons (Fsp3) is 0.238. The number of hydrogen-bond acceptors (Lipinski definition) is 3. The van der Waals surface area contributed by atoms with E-state index in [1.807, 2.05) is 6.07 Å². The summed E-state index contributed by atoms with van der Waals surface area (Å²) in [5.41, 5.74) is 1.38. The van der Waals surface area contributed by atoms with Crippen LogP contribution in [0.4, 0.5) is 0 Å². The normalized spacial score (nSPS) is 18.7. The smallest absolute Gasteiger partial charge is 0.336 e. The van der Waals surface area contributed by atoms with Crippen LogP contribution in [0.1, 0.15) is 32.8 Å². The van der Waals surface area contributed by atoms with Gasteiger partial charge in [-0.3, -0.25) is 4.79 Å². The van der Waals surface area contributed by atoms with Crippen LogP contribution in [0.5, 0.6) is 0 Å². The van der Waals surface area contributed by atoms with Gasteiger partial charge in [0.1, 0.15) is 5.69 Å². The minimum atomic E-state index is -1.03. The van der Waals surface area contributed by atoms with Crippen molar-refractivity contribution in [2.75, 3.05) is 13.2 Å². The van der Waals surface area contributed by atoms with Gasteiger partial charge in [0.2, 0.25) is 0 Å². The Kier molecular flexibility index (Phi) is 5.57. The van der Waals surface area contributed by atoms with Crippen molar-refractivity contribution in [2.45, 2.75) is 12.0 Å². The Balaban J connectivity index is 1.72. The van der Waals surface area contributed by atoms with Gasteiger partial charge in [-0.2, -0.15) is 0 Å². The van der Waals surface area contributed by atoms with E-state index in [0.717, 1.165) is 11.1 Å². The number of ether oxygens (including phenoxy) is 1. The summed E-state index contributed by atoms with van der Waals surface area (Å²) < 4.78 is 7.81. The van der Waals surface area contributed by atoms with Crippen LogP contribution in [-0.4, -0.2) is 34.8 Å². The molecule has 1 saturated heterocycles. The van der Waals surface area contributed by atoms with E-state index in [4.69, 9.17) is 27.9 Å². The van der Waals surface area contributed by atoms with Crippen LogP contribution in [0.25, 0.3) is 10.9 Å². The summed E-state index contributed by atoms with van der Waals surface area (Å²) in [6, 6.07) is 10.2. The Morgan fingerprint density at radius 1 is 1.23 bits per heavy atom. The predicted octanol–water partition coefficient (Wildman–Crippen LogP) is 4.99. The fourth-order valence-corrected chi connectivity index (χ4v) is 4.73. The number of carbonyl (C=O) groups is 2. The molecule has 0 spiro atoms. The molecule has 156 valence electrons. The number of benzene rings is 2. The second-order valence-corrected chi connectivity index (χ2v) is 8.86. The number of aromatic nitrogens is 1. The zero-order valence-corrected chi connectivity index (χ0v) is 18.9. The standard InChI is InChI=1S/C21H17BrCl2N2O4/c1-26-16-5-4-15(23)18(24)13(16)9-17(26)19(27)25-21(6-7-30-10-21)11-2-3-12(20(28)29)14(22)8-11/h2-5,8-9H,6-7,10H2,1H3,(H,25,27)(H,28,29). The number of carboxylic acid groups (broad SMARTS) is 1. The van der Waals surface area contributed by atoms with E-state index < -0.39 is 11.5 Å². The first kappa shape index (κ1) is 21.2. The zero-order chi connectivity index (χ0) is 21.6. The van der Waals surface area contributed by atoms with Crippen molar-refractivity contribution in [1.29, 1.82) is 0 Å². The van der Waals surface area contributed by atoms with E-state index in [1.165, 1.54) is 6.07 Å². The largest absolute Gasteiger partial charge is 0.478 e. The van der Waals surface area contributed by atoms with Crippen LogP contribution in [-0.2, 0) is 17.3 Å². The molecule has 9 heteroatoms. The fourth-order valence-electron chi connectivity index (χ4n) is 3.80. The van der Waals surface area contributed by atoms with E-state index in [9.17, 15) is 14.7 Å². The van der Waals surface area contributed by atoms with Gasteiger partial charge < -0.3 is 19.7 Å². The van der Waals surface area contributed by atoms with Crippen molar-refractivity contribution >= 4 is 61.9 Å². The van der Waals surface area contributed by atoms with Crippen molar-refractivity contribution in [3.8, 4) is 0 Å². The van der Waals surface area contributed by atoms with Crippen molar-refractivity contribution < 1.29 is 19.4 Å². The lowest BCUT2D eigenvalue weighted by Crippen LogP contribution is -2.47. The average molecular weight is 512 g/mol. The Hall–Kier alpha value is -2.06. The lowest BCUT2D eigenvalue weighted by molar-refractivity contribution is 0.0695. The molecule has 0 radical (unpaired) electrons. The molecular formula is C21H17BrCl2N2O4. The number of hydrogen-bond donors (Lipinski definition) is 2. The lowest BCUT2D eigenvalue weighted by Gasteiger charge is -2.30. The maximum absolute atomic E-state index is 13.3. The molecule has 1 atom stereocenters. The summed E-state index contributed by atoms with van der Waals surface area (Å²) in [6.07, 6.45) is 0.564. The second-order valence-electron chi connectivity index (χ2n) is 7.22. The number of nitrogens with one attached hydrogen (secondary N) is 1. The number of aromatic carboxylic acids is 1. The molecule has 30 heavy (non-hydrogen) atoms. The van der Waals surface area contributed by atoms with E-state index >= 15 is 0 Å². The van der Waals surface area contributed by atoms with Crippen LogP contribution in [0.3, 0.4) is 0 Å². The van der Waals surface area contributed by atoms with Crippen molar-refractivity contribution in [1.82, 2.24) is 9.88 Å². The van der Waals surface area contributed by atoms with Crippen LogP contribution in [0, 0.1) is 0 Å². The van der Waals surface area contributed by atoms with Gasteiger partial charge in [0.15, 0.2) is 0 Å². The molecule has 0 aliphatic carbocycles. The number of rotatable bonds is 4. The molecule has 2 aromatic carbocycles. The van der Waals surface area contributed by atoms with Gasteiger partial charge in [-0.15, -0.1) is 0 Å². The zero-order valence-electron chi connectivity index (χ0n) is 15.8. The maximum atomic E-state index is 13.3. The summed E-state index contributed by atoms with van der Waals surface area (Å²) in [5.74, 6) is -1.31. The summed E-state index contributed by atoms with van der Waals surface area (Å²) in [7, 11) is 1.79. The molecule has 1 aliphatic heterocycles. The third-order valence-corrected chi connectivity index (χ3v) is 6.95. The molecule has 1 amide bonds. The highest BCUT2D eigenvalue weighted by atomic mass is 79.9. The SMILES string of the molecule is Cn1c(C(=O)NC2(c3ccc(C(=O)O)c(Br)c3)CCOC2)cc2c(Cl)c(Cl)ccc21. The first-order valence-corrected chi connectivity index (χ1v) is 10.7. The van der Waals surface area contributed by atoms with Crippen LogP contribution in [0.2, 0.25) is 10.0 Å². The molecule has 2 heterocycles. The van der Waals surface area contributed by atoms with Crippen molar-refractivity contribution in [3.63, 3.8) is 0 Å². The highest BCUT2D eigenvalue weighted by Gasteiger charge is 2.39. The van der Waals surface area contributed by atoms with Gasteiger partial charge in [0, 0.05) is 35.5 Å². The third-order valence-electron chi connectivity index (χ3n) is 5.47. The van der Waals surface area contributed by atoms with Gasteiger partial charge in [-0.05, 0) is 51.8 Å². The summed E-state index contributed by atoms with van der Waals surface area (Å²) in [6.45, 7) is 0.767. The molecular weight excluding hydrogens is 495 g/mol. The van der Waals surface area contributed by atoms with Gasteiger partial charge in [-0.1, -0.05) is 29.3 Å². The summed E-state index contributed by atoms with van der Waals surface area (Å²) in [4.78, 5) is 24.6. The first-order chi connectivity index (χ1) is 14.2. The number of halogens is 3. The Morgan fingerprint density at radius 3 is 2.63 bits per heavy atom. The van der Waals surface area contributed by atoms with Crippen molar-refractivity contribution in [2.24, 2.45) is 7.05 Å². The number of amides is 1. The summed E-state index contributed by atoms with van der Waals surface area (Å²) >= 11 is 15.7. The molecule has 2 N–H and O–H groups in total. The highest BCUT2D eigenvalue weighted by Crippen LogP contribution is 2.35.